The predicted octanol–water partition coefficient (Wildman–Crippen LogP) is 2.44. The van der Waals surface area contributed by atoms with Crippen molar-refractivity contribution in [3.63, 3.8) is 0 Å². The molecule has 5 heteroatoms. The van der Waals surface area contributed by atoms with Gasteiger partial charge < -0.3 is 15.5 Å². The Kier molecular flexibility index (Phi) is 4.25. The van der Waals surface area contributed by atoms with Crippen molar-refractivity contribution in [2.75, 3.05) is 30.4 Å². The number of rotatable bonds is 3. The first-order valence-corrected chi connectivity index (χ1v) is 8.00. The highest BCUT2D eigenvalue weighted by atomic mass is 16.2. The van der Waals surface area contributed by atoms with Crippen LogP contribution < -0.4 is 15.5 Å². The predicted molar refractivity (Wildman–Crippen MR) is 95.7 cm³/mol. The van der Waals surface area contributed by atoms with Gasteiger partial charge in [0.05, 0.1) is 0 Å². The molecule has 0 radical (unpaired) electrons. The maximum Gasteiger partial charge on any atom is 0.258 e. The fourth-order valence-corrected chi connectivity index (χ4v) is 3.14. The number of anilines is 2. The smallest absolute Gasteiger partial charge is 0.258 e. The second-order valence-electron chi connectivity index (χ2n) is 6.17. The number of nitrogens with zero attached hydrogens (tertiary/aromatic N) is 2. The molecule has 0 atom stereocenters. The Morgan fingerprint density at radius 2 is 1.88 bits per heavy atom. The molecule has 0 aliphatic carbocycles. The van der Waals surface area contributed by atoms with Gasteiger partial charge in [-0.25, -0.2) is 0 Å². The van der Waals surface area contributed by atoms with Gasteiger partial charge in [0.15, 0.2) is 0 Å². The lowest BCUT2D eigenvalue weighted by Crippen LogP contribution is -2.36. The molecule has 1 aliphatic rings. The minimum absolute atomic E-state index is 0.0544. The van der Waals surface area contributed by atoms with Gasteiger partial charge in [-0.05, 0) is 48.7 Å². The van der Waals surface area contributed by atoms with Gasteiger partial charge in [-0.3, -0.25) is 9.59 Å². The normalized spacial score (nSPS) is 13.3. The van der Waals surface area contributed by atoms with Crippen LogP contribution in [0.4, 0.5) is 11.4 Å². The highest BCUT2D eigenvalue weighted by Gasteiger charge is 2.26. The van der Waals surface area contributed by atoms with Crippen molar-refractivity contribution in [2.45, 2.75) is 12.8 Å². The van der Waals surface area contributed by atoms with Crippen molar-refractivity contribution in [1.29, 1.82) is 0 Å². The maximum atomic E-state index is 13.0. The molecule has 2 aromatic carbocycles. The molecule has 3 rings (SSSR count). The summed E-state index contributed by atoms with van der Waals surface area (Å²) in [6, 6.07) is 12.9. The number of benzene rings is 2. The average Bonchev–Trinajstić information content (AvgIpc) is 2.60. The fourth-order valence-electron chi connectivity index (χ4n) is 3.14. The van der Waals surface area contributed by atoms with Gasteiger partial charge in [0.2, 0.25) is 5.91 Å². The van der Waals surface area contributed by atoms with Crippen LogP contribution >= 0.6 is 0 Å². The number of carbonyl (C=O) groups is 2. The van der Waals surface area contributed by atoms with Gasteiger partial charge in [0, 0.05) is 43.1 Å². The van der Waals surface area contributed by atoms with E-state index in [1.807, 2.05) is 49.3 Å². The second-order valence-corrected chi connectivity index (χ2v) is 6.17. The Labute approximate surface area is 141 Å². The molecule has 2 N–H and O–H groups in total. The van der Waals surface area contributed by atoms with Crippen LogP contribution in [0.2, 0.25) is 0 Å². The van der Waals surface area contributed by atoms with Crippen LogP contribution in [0.1, 0.15) is 32.7 Å². The van der Waals surface area contributed by atoms with E-state index in [0.29, 0.717) is 17.7 Å². The molecule has 2 amide bonds. The number of hydrogen-bond acceptors (Lipinski definition) is 3. The van der Waals surface area contributed by atoms with Crippen LogP contribution in [0.15, 0.2) is 42.5 Å². The van der Waals surface area contributed by atoms with Crippen molar-refractivity contribution < 1.29 is 9.59 Å². The van der Waals surface area contributed by atoms with Gasteiger partial charge in [0.1, 0.15) is 0 Å². The number of primary amides is 1. The van der Waals surface area contributed by atoms with Crippen molar-refractivity contribution in [3.05, 3.63) is 59.2 Å². The molecule has 0 aromatic heterocycles. The molecule has 1 aliphatic heterocycles. The summed E-state index contributed by atoms with van der Waals surface area (Å²) in [5, 5.41) is 0. The molecule has 5 nitrogen and oxygen atoms in total. The monoisotopic (exact) mass is 323 g/mol. The summed E-state index contributed by atoms with van der Waals surface area (Å²) >= 11 is 0. The van der Waals surface area contributed by atoms with E-state index in [0.717, 1.165) is 29.8 Å². The van der Waals surface area contributed by atoms with E-state index >= 15 is 0 Å². The summed E-state index contributed by atoms with van der Waals surface area (Å²) in [7, 11) is 3.89. The standard InChI is InChI=1S/C19H21N3O2/c1-21(2)14-7-3-6-13(12-14)19(24)22-11-5-9-15-16(18(20)23)8-4-10-17(15)22/h3-4,6-8,10,12H,5,9,11H2,1-2H3,(H2,20,23). The van der Waals surface area contributed by atoms with Gasteiger partial charge in [0.25, 0.3) is 5.91 Å². The van der Waals surface area contributed by atoms with Crippen molar-refractivity contribution in [3.8, 4) is 0 Å². The van der Waals surface area contributed by atoms with Gasteiger partial charge in [-0.1, -0.05) is 12.1 Å². The molecular weight excluding hydrogens is 302 g/mol. The Balaban J connectivity index is 2.00. The summed E-state index contributed by atoms with van der Waals surface area (Å²) in [5.74, 6) is -0.503. The third-order valence-electron chi connectivity index (χ3n) is 4.37. The average molecular weight is 323 g/mol. The van der Waals surface area contributed by atoms with Gasteiger partial charge >= 0.3 is 0 Å². The largest absolute Gasteiger partial charge is 0.378 e. The minimum atomic E-state index is -0.448. The number of fused-ring (bicyclic) bond motifs is 1. The van der Waals surface area contributed by atoms with E-state index in [2.05, 4.69) is 0 Å². The van der Waals surface area contributed by atoms with Gasteiger partial charge in [-0.15, -0.1) is 0 Å². The molecule has 0 unspecified atom stereocenters. The third kappa shape index (κ3) is 2.85. The summed E-state index contributed by atoms with van der Waals surface area (Å²) in [6.45, 7) is 0.639. The molecular formula is C19H21N3O2. The zero-order valence-corrected chi connectivity index (χ0v) is 14.0. The summed E-state index contributed by atoms with van der Waals surface area (Å²) in [4.78, 5) is 28.4. The van der Waals surface area contributed by atoms with Crippen LogP contribution in [0.3, 0.4) is 0 Å². The van der Waals surface area contributed by atoms with E-state index < -0.39 is 5.91 Å². The zero-order valence-electron chi connectivity index (χ0n) is 14.0. The van der Waals surface area contributed by atoms with Crippen molar-refractivity contribution in [1.82, 2.24) is 0 Å². The lowest BCUT2D eigenvalue weighted by molar-refractivity contribution is 0.0977. The lowest BCUT2D eigenvalue weighted by atomic mass is 9.95. The van der Waals surface area contributed by atoms with Crippen molar-refractivity contribution >= 4 is 23.2 Å². The lowest BCUT2D eigenvalue weighted by Gasteiger charge is -2.30. The first-order chi connectivity index (χ1) is 11.5. The first-order valence-electron chi connectivity index (χ1n) is 8.00. The van der Waals surface area contributed by atoms with Crippen LogP contribution in [-0.4, -0.2) is 32.5 Å². The Morgan fingerprint density at radius 1 is 1.12 bits per heavy atom. The fraction of sp³-hybridized carbons (Fsp3) is 0.263. The van der Waals surface area contributed by atoms with Gasteiger partial charge in [-0.2, -0.15) is 0 Å². The van der Waals surface area contributed by atoms with Crippen molar-refractivity contribution in [2.24, 2.45) is 5.73 Å². The third-order valence-corrected chi connectivity index (χ3v) is 4.37. The Hall–Kier alpha value is -2.82. The van der Waals surface area contributed by atoms with E-state index in [1.54, 1.807) is 17.0 Å². The SMILES string of the molecule is CN(C)c1cccc(C(=O)N2CCCc3c(C(N)=O)cccc32)c1. The molecule has 0 fully saturated rings. The highest BCUT2D eigenvalue weighted by Crippen LogP contribution is 2.31. The molecule has 0 saturated carbocycles. The number of amides is 2. The van der Waals surface area contributed by atoms with Crippen LogP contribution in [0.5, 0.6) is 0 Å². The number of carbonyl (C=O) groups excluding carboxylic acids is 2. The summed E-state index contributed by atoms with van der Waals surface area (Å²) < 4.78 is 0. The van der Waals surface area contributed by atoms with E-state index in [4.69, 9.17) is 5.73 Å². The van der Waals surface area contributed by atoms with E-state index in [1.165, 1.54) is 0 Å². The summed E-state index contributed by atoms with van der Waals surface area (Å²) in [6.07, 6.45) is 1.58. The highest BCUT2D eigenvalue weighted by molar-refractivity contribution is 6.08. The molecule has 1 heterocycles. The molecule has 24 heavy (non-hydrogen) atoms. The molecule has 2 aromatic rings. The molecule has 0 saturated heterocycles. The number of nitrogens with two attached hydrogens (primary N) is 1. The zero-order chi connectivity index (χ0) is 17.3. The molecule has 124 valence electrons. The van der Waals surface area contributed by atoms with Crippen LogP contribution in [0.25, 0.3) is 0 Å². The topological polar surface area (TPSA) is 66.6 Å². The van der Waals surface area contributed by atoms with E-state index in [9.17, 15) is 9.59 Å². The first kappa shape index (κ1) is 16.1. The summed E-state index contributed by atoms with van der Waals surface area (Å²) in [5.41, 5.74) is 9.25. The maximum absolute atomic E-state index is 13.0. The number of hydrogen-bond donors (Lipinski definition) is 1. The van der Waals surface area contributed by atoms with E-state index in [-0.39, 0.29) is 5.91 Å². The minimum Gasteiger partial charge on any atom is -0.378 e. The Morgan fingerprint density at radius 3 is 2.58 bits per heavy atom. The van der Waals surface area contributed by atoms with Crippen LogP contribution in [0, 0.1) is 0 Å². The Bertz CT molecular complexity index is 799. The molecule has 0 spiro atoms. The molecule has 0 bridgehead atoms. The quantitative estimate of drug-likeness (QED) is 0.943. The van der Waals surface area contributed by atoms with Crippen LogP contribution in [-0.2, 0) is 6.42 Å². The second kappa shape index (κ2) is 6.35.